The Morgan fingerprint density at radius 2 is 2.40 bits per heavy atom. The molecule has 0 saturated carbocycles. The third-order valence-corrected chi connectivity index (χ3v) is 2.34. The normalized spacial score (nSPS) is 12.2. The Morgan fingerprint density at radius 1 is 1.67 bits per heavy atom. The van der Waals surface area contributed by atoms with E-state index in [2.05, 4.69) is 26.2 Å². The van der Waals surface area contributed by atoms with Gasteiger partial charge in [0.05, 0.1) is 6.10 Å². The van der Waals surface area contributed by atoms with Gasteiger partial charge in [-0.3, -0.25) is 4.79 Å². The summed E-state index contributed by atoms with van der Waals surface area (Å²) in [6, 6.07) is 5.21. The minimum atomic E-state index is -0.194. The maximum absolute atomic E-state index is 11.6. The van der Waals surface area contributed by atoms with Gasteiger partial charge in [-0.25, -0.2) is 4.98 Å². The van der Waals surface area contributed by atoms with Crippen molar-refractivity contribution >= 4 is 21.8 Å². The molecule has 1 atom stereocenters. The van der Waals surface area contributed by atoms with Crippen LogP contribution in [0.25, 0.3) is 0 Å². The molecule has 1 unspecified atom stereocenters. The number of nitrogens with zero attached hydrogens (tertiary/aromatic N) is 1. The number of aromatic nitrogens is 1. The minimum Gasteiger partial charge on any atom is -0.380 e. The predicted octanol–water partition coefficient (Wildman–Crippen LogP) is 1.61. The van der Waals surface area contributed by atoms with Crippen molar-refractivity contribution in [3.8, 4) is 0 Å². The number of halogens is 1. The van der Waals surface area contributed by atoms with Crippen molar-refractivity contribution < 1.29 is 9.53 Å². The van der Waals surface area contributed by atoms with Crippen molar-refractivity contribution in [3.05, 3.63) is 28.5 Å². The number of methoxy groups -OCH3 is 1. The molecule has 1 aromatic heterocycles. The van der Waals surface area contributed by atoms with Gasteiger partial charge in [-0.2, -0.15) is 0 Å². The van der Waals surface area contributed by atoms with Crippen LogP contribution in [0.1, 0.15) is 17.4 Å². The van der Waals surface area contributed by atoms with E-state index >= 15 is 0 Å². The summed E-state index contributed by atoms with van der Waals surface area (Å²) < 4.78 is 5.66. The lowest BCUT2D eigenvalue weighted by Crippen LogP contribution is -2.32. The molecule has 4 nitrogen and oxygen atoms in total. The second-order valence-corrected chi connectivity index (χ2v) is 3.91. The van der Waals surface area contributed by atoms with Crippen LogP contribution in [-0.2, 0) is 4.74 Å². The van der Waals surface area contributed by atoms with Crippen LogP contribution < -0.4 is 5.32 Å². The number of hydrogen-bond acceptors (Lipinski definition) is 3. The number of amides is 1. The van der Waals surface area contributed by atoms with E-state index in [9.17, 15) is 4.79 Å². The zero-order chi connectivity index (χ0) is 11.3. The smallest absolute Gasteiger partial charge is 0.270 e. The van der Waals surface area contributed by atoms with Gasteiger partial charge in [0.25, 0.3) is 5.91 Å². The maximum atomic E-state index is 11.6. The molecule has 1 rings (SSSR count). The Kier molecular flexibility index (Phi) is 4.71. The van der Waals surface area contributed by atoms with Crippen LogP contribution in [-0.4, -0.2) is 30.6 Å². The summed E-state index contributed by atoms with van der Waals surface area (Å²) in [5, 5.41) is 2.73. The van der Waals surface area contributed by atoms with Gasteiger partial charge in [-0.1, -0.05) is 6.07 Å². The molecule has 15 heavy (non-hydrogen) atoms. The van der Waals surface area contributed by atoms with Crippen LogP contribution in [0.2, 0.25) is 0 Å². The van der Waals surface area contributed by atoms with Gasteiger partial charge in [0, 0.05) is 13.7 Å². The standard InChI is InChI=1S/C10H13BrN2O2/c1-7(15-2)6-12-10(14)8-4-3-5-9(11)13-8/h3-5,7H,6H2,1-2H3,(H,12,14). The lowest BCUT2D eigenvalue weighted by atomic mass is 10.3. The molecular formula is C10H13BrN2O2. The number of rotatable bonds is 4. The maximum Gasteiger partial charge on any atom is 0.270 e. The molecule has 0 aliphatic heterocycles. The summed E-state index contributed by atoms with van der Waals surface area (Å²) in [4.78, 5) is 15.6. The fourth-order valence-corrected chi connectivity index (χ4v) is 1.29. The van der Waals surface area contributed by atoms with Gasteiger partial charge in [0.1, 0.15) is 10.3 Å². The highest BCUT2D eigenvalue weighted by Gasteiger charge is 2.08. The first-order chi connectivity index (χ1) is 7.13. The average Bonchev–Trinajstić information content (AvgIpc) is 2.25. The number of ether oxygens (including phenoxy) is 1. The van der Waals surface area contributed by atoms with E-state index in [0.717, 1.165) is 0 Å². The first kappa shape index (κ1) is 12.1. The molecule has 0 fully saturated rings. The van der Waals surface area contributed by atoms with E-state index in [1.807, 2.05) is 6.92 Å². The van der Waals surface area contributed by atoms with E-state index in [1.165, 1.54) is 0 Å². The number of hydrogen-bond donors (Lipinski definition) is 1. The molecule has 0 aliphatic rings. The van der Waals surface area contributed by atoms with Crippen molar-refractivity contribution in [2.24, 2.45) is 0 Å². The highest BCUT2D eigenvalue weighted by molar-refractivity contribution is 9.10. The lowest BCUT2D eigenvalue weighted by molar-refractivity contribution is 0.0866. The van der Waals surface area contributed by atoms with Crippen LogP contribution in [0, 0.1) is 0 Å². The second kappa shape index (κ2) is 5.82. The highest BCUT2D eigenvalue weighted by Crippen LogP contribution is 2.05. The molecule has 1 N–H and O–H groups in total. The largest absolute Gasteiger partial charge is 0.380 e. The van der Waals surface area contributed by atoms with Gasteiger partial charge >= 0.3 is 0 Å². The van der Waals surface area contributed by atoms with Gasteiger partial charge in [0.15, 0.2) is 0 Å². The molecule has 1 aromatic rings. The fourth-order valence-electron chi connectivity index (χ4n) is 0.945. The van der Waals surface area contributed by atoms with Gasteiger partial charge in [0.2, 0.25) is 0 Å². The Hall–Kier alpha value is -0.940. The summed E-state index contributed by atoms with van der Waals surface area (Å²) in [7, 11) is 1.61. The summed E-state index contributed by atoms with van der Waals surface area (Å²) in [5.41, 5.74) is 0.396. The minimum absolute atomic E-state index is 0.00102. The number of carbonyl (C=O) groups is 1. The van der Waals surface area contributed by atoms with E-state index in [0.29, 0.717) is 16.8 Å². The van der Waals surface area contributed by atoms with Gasteiger partial charge in [-0.15, -0.1) is 0 Å². The van der Waals surface area contributed by atoms with E-state index in [-0.39, 0.29) is 12.0 Å². The molecule has 0 saturated heterocycles. The summed E-state index contributed by atoms with van der Waals surface area (Å²) in [5.74, 6) is -0.194. The topological polar surface area (TPSA) is 51.2 Å². The van der Waals surface area contributed by atoms with Gasteiger partial charge in [-0.05, 0) is 35.0 Å². The van der Waals surface area contributed by atoms with Gasteiger partial charge < -0.3 is 10.1 Å². The number of nitrogens with one attached hydrogen (secondary N) is 1. The van der Waals surface area contributed by atoms with Crippen molar-refractivity contribution in [2.45, 2.75) is 13.0 Å². The molecule has 1 heterocycles. The quantitative estimate of drug-likeness (QED) is 0.848. The molecule has 1 amide bonds. The number of carbonyl (C=O) groups excluding carboxylic acids is 1. The molecule has 5 heteroatoms. The second-order valence-electron chi connectivity index (χ2n) is 3.10. The van der Waals surface area contributed by atoms with Crippen LogP contribution >= 0.6 is 15.9 Å². The molecular weight excluding hydrogens is 260 g/mol. The molecule has 0 aliphatic carbocycles. The van der Waals surface area contributed by atoms with Crippen molar-refractivity contribution in [1.29, 1.82) is 0 Å². The number of pyridine rings is 1. The van der Waals surface area contributed by atoms with Crippen molar-refractivity contribution in [1.82, 2.24) is 10.3 Å². The first-order valence-corrected chi connectivity index (χ1v) is 5.36. The fraction of sp³-hybridized carbons (Fsp3) is 0.400. The molecule has 0 spiro atoms. The molecule has 0 radical (unpaired) electrons. The Morgan fingerprint density at radius 3 is 3.00 bits per heavy atom. The average molecular weight is 273 g/mol. The zero-order valence-corrected chi connectivity index (χ0v) is 10.2. The summed E-state index contributed by atoms with van der Waals surface area (Å²) in [6.45, 7) is 2.36. The lowest BCUT2D eigenvalue weighted by Gasteiger charge is -2.10. The van der Waals surface area contributed by atoms with E-state index in [4.69, 9.17) is 4.74 Å². The summed E-state index contributed by atoms with van der Waals surface area (Å²) in [6.07, 6.45) is 0.00102. The monoisotopic (exact) mass is 272 g/mol. The summed E-state index contributed by atoms with van der Waals surface area (Å²) >= 11 is 3.21. The first-order valence-electron chi connectivity index (χ1n) is 4.57. The van der Waals surface area contributed by atoms with Crippen LogP contribution in [0.4, 0.5) is 0 Å². The molecule has 82 valence electrons. The van der Waals surface area contributed by atoms with E-state index in [1.54, 1.807) is 25.3 Å². The molecule has 0 aromatic carbocycles. The van der Waals surface area contributed by atoms with Crippen LogP contribution in [0.5, 0.6) is 0 Å². The van der Waals surface area contributed by atoms with Crippen LogP contribution in [0.3, 0.4) is 0 Å². The SMILES string of the molecule is COC(C)CNC(=O)c1cccc(Br)n1. The predicted molar refractivity (Wildman–Crippen MR) is 60.7 cm³/mol. The molecule has 0 bridgehead atoms. The van der Waals surface area contributed by atoms with Crippen LogP contribution in [0.15, 0.2) is 22.8 Å². The van der Waals surface area contributed by atoms with Crippen molar-refractivity contribution in [2.75, 3.05) is 13.7 Å². The Bertz CT molecular complexity index is 344. The zero-order valence-electron chi connectivity index (χ0n) is 8.66. The highest BCUT2D eigenvalue weighted by atomic mass is 79.9. The Labute approximate surface area is 97.2 Å². The van der Waals surface area contributed by atoms with E-state index < -0.39 is 0 Å². The third kappa shape index (κ3) is 3.97. The Balaban J connectivity index is 2.54. The van der Waals surface area contributed by atoms with Crippen molar-refractivity contribution in [3.63, 3.8) is 0 Å². The third-order valence-electron chi connectivity index (χ3n) is 1.90.